The van der Waals surface area contributed by atoms with E-state index < -0.39 is 0 Å². The smallest absolute Gasteiger partial charge is 0.315 e. The number of carbonyl (C=O) groups excluding carboxylic acids is 1. The molecule has 0 aromatic carbocycles. The summed E-state index contributed by atoms with van der Waals surface area (Å²) in [6.45, 7) is 2.35. The number of aryl methyl sites for hydroxylation is 1. The van der Waals surface area contributed by atoms with Gasteiger partial charge in [0.25, 0.3) is 0 Å². The van der Waals surface area contributed by atoms with Gasteiger partial charge in [0.05, 0.1) is 12.7 Å². The molecule has 0 radical (unpaired) electrons. The number of aromatic nitrogens is 1. The van der Waals surface area contributed by atoms with Crippen molar-refractivity contribution in [2.45, 2.75) is 45.2 Å². The molecule has 1 aromatic rings. The Morgan fingerprint density at radius 3 is 3.00 bits per heavy atom. The minimum Gasteiger partial charge on any atom is -0.444 e. The average molecular weight is 223 g/mol. The highest BCUT2D eigenvalue weighted by molar-refractivity contribution is 5.74. The summed E-state index contributed by atoms with van der Waals surface area (Å²) in [7, 11) is 0. The van der Waals surface area contributed by atoms with E-state index in [1.807, 2.05) is 6.92 Å². The van der Waals surface area contributed by atoms with Crippen LogP contribution in [0.15, 0.2) is 10.6 Å². The van der Waals surface area contributed by atoms with Gasteiger partial charge in [0, 0.05) is 12.5 Å². The van der Waals surface area contributed by atoms with Crippen LogP contribution in [-0.2, 0) is 13.0 Å². The van der Waals surface area contributed by atoms with Crippen molar-refractivity contribution in [3.63, 3.8) is 0 Å². The Labute approximate surface area is 94.6 Å². The lowest BCUT2D eigenvalue weighted by Gasteiger charge is -2.26. The molecular weight excluding hydrogens is 206 g/mol. The summed E-state index contributed by atoms with van der Waals surface area (Å²) < 4.78 is 5.37. The highest BCUT2D eigenvalue weighted by Gasteiger charge is 2.19. The van der Waals surface area contributed by atoms with E-state index in [0.29, 0.717) is 18.5 Å². The van der Waals surface area contributed by atoms with Gasteiger partial charge < -0.3 is 15.1 Å². The SMILES string of the molecule is CCc1cnc(CNC(=O)NC2CCC2)o1. The number of urea groups is 1. The highest BCUT2D eigenvalue weighted by atomic mass is 16.4. The van der Waals surface area contributed by atoms with Crippen LogP contribution in [0.25, 0.3) is 0 Å². The minimum atomic E-state index is -0.138. The van der Waals surface area contributed by atoms with Crippen molar-refractivity contribution >= 4 is 6.03 Å². The second kappa shape index (κ2) is 5.01. The van der Waals surface area contributed by atoms with Crippen molar-refractivity contribution < 1.29 is 9.21 Å². The molecule has 0 saturated heterocycles. The zero-order valence-electron chi connectivity index (χ0n) is 9.45. The van der Waals surface area contributed by atoms with Crippen LogP contribution in [0.5, 0.6) is 0 Å². The molecule has 0 unspecified atom stereocenters. The third kappa shape index (κ3) is 2.74. The molecule has 1 heterocycles. The van der Waals surface area contributed by atoms with Crippen molar-refractivity contribution in [3.8, 4) is 0 Å². The molecule has 5 heteroatoms. The van der Waals surface area contributed by atoms with E-state index in [4.69, 9.17) is 4.42 Å². The van der Waals surface area contributed by atoms with Gasteiger partial charge in [-0.3, -0.25) is 0 Å². The second-order valence-corrected chi connectivity index (χ2v) is 4.03. The van der Waals surface area contributed by atoms with E-state index in [-0.39, 0.29) is 6.03 Å². The molecule has 1 aliphatic rings. The Morgan fingerprint density at radius 1 is 1.62 bits per heavy atom. The molecule has 16 heavy (non-hydrogen) atoms. The molecule has 1 saturated carbocycles. The summed E-state index contributed by atoms with van der Waals surface area (Å²) in [6.07, 6.45) is 5.91. The van der Waals surface area contributed by atoms with Gasteiger partial charge in [0.15, 0.2) is 0 Å². The fourth-order valence-electron chi connectivity index (χ4n) is 1.54. The summed E-state index contributed by atoms with van der Waals surface area (Å²) in [4.78, 5) is 15.5. The number of hydrogen-bond donors (Lipinski definition) is 2. The Hall–Kier alpha value is -1.52. The van der Waals surface area contributed by atoms with E-state index in [2.05, 4.69) is 15.6 Å². The molecule has 0 aliphatic heterocycles. The average Bonchev–Trinajstić information content (AvgIpc) is 2.68. The summed E-state index contributed by atoms with van der Waals surface area (Å²) in [5, 5.41) is 5.62. The Kier molecular flexibility index (Phi) is 3.44. The maximum Gasteiger partial charge on any atom is 0.315 e. The van der Waals surface area contributed by atoms with E-state index in [1.54, 1.807) is 6.20 Å². The normalized spacial score (nSPS) is 15.6. The first kappa shape index (κ1) is 11.0. The van der Waals surface area contributed by atoms with Crippen LogP contribution in [0.2, 0.25) is 0 Å². The summed E-state index contributed by atoms with van der Waals surface area (Å²) >= 11 is 0. The largest absolute Gasteiger partial charge is 0.444 e. The molecule has 2 amide bonds. The topological polar surface area (TPSA) is 67.2 Å². The van der Waals surface area contributed by atoms with Crippen molar-refractivity contribution in [2.24, 2.45) is 0 Å². The quantitative estimate of drug-likeness (QED) is 0.814. The first-order valence-corrected chi connectivity index (χ1v) is 5.76. The lowest BCUT2D eigenvalue weighted by atomic mass is 9.93. The molecule has 88 valence electrons. The molecule has 2 rings (SSSR count). The highest BCUT2D eigenvalue weighted by Crippen LogP contribution is 2.17. The van der Waals surface area contributed by atoms with Crippen LogP contribution < -0.4 is 10.6 Å². The maximum absolute atomic E-state index is 11.4. The molecule has 1 fully saturated rings. The predicted molar refractivity (Wildman–Crippen MR) is 58.9 cm³/mol. The number of nitrogens with zero attached hydrogens (tertiary/aromatic N) is 1. The molecule has 1 aliphatic carbocycles. The van der Waals surface area contributed by atoms with Crippen molar-refractivity contribution in [3.05, 3.63) is 17.8 Å². The van der Waals surface area contributed by atoms with Gasteiger partial charge in [0.1, 0.15) is 5.76 Å². The van der Waals surface area contributed by atoms with Crippen LogP contribution in [-0.4, -0.2) is 17.1 Å². The maximum atomic E-state index is 11.4. The van der Waals surface area contributed by atoms with E-state index >= 15 is 0 Å². The molecular formula is C11H17N3O2. The van der Waals surface area contributed by atoms with Gasteiger partial charge in [-0.15, -0.1) is 0 Å². The predicted octanol–water partition coefficient (Wildman–Crippen LogP) is 1.59. The fourth-order valence-corrected chi connectivity index (χ4v) is 1.54. The van der Waals surface area contributed by atoms with Crippen molar-refractivity contribution in [1.29, 1.82) is 0 Å². The number of oxazole rings is 1. The molecule has 1 aromatic heterocycles. The summed E-state index contributed by atoms with van der Waals surface area (Å²) in [5.74, 6) is 1.40. The third-order valence-corrected chi connectivity index (χ3v) is 2.79. The Morgan fingerprint density at radius 2 is 2.44 bits per heavy atom. The Bertz CT molecular complexity index is 358. The standard InChI is InChI=1S/C11H17N3O2/c1-2-9-6-12-10(16-9)7-13-11(15)14-8-4-3-5-8/h6,8H,2-5,7H2,1H3,(H2,13,14,15). The monoisotopic (exact) mass is 223 g/mol. The zero-order valence-corrected chi connectivity index (χ0v) is 9.45. The van der Waals surface area contributed by atoms with Gasteiger partial charge in [-0.2, -0.15) is 0 Å². The first-order valence-electron chi connectivity index (χ1n) is 5.76. The molecule has 0 bridgehead atoms. The second-order valence-electron chi connectivity index (χ2n) is 4.03. The van der Waals surface area contributed by atoms with Crippen LogP contribution in [0, 0.1) is 0 Å². The summed E-state index contributed by atoms with van der Waals surface area (Å²) in [6, 6.07) is 0.219. The zero-order chi connectivity index (χ0) is 11.4. The van der Waals surface area contributed by atoms with E-state index in [1.165, 1.54) is 6.42 Å². The van der Waals surface area contributed by atoms with Crippen LogP contribution in [0.4, 0.5) is 4.79 Å². The van der Waals surface area contributed by atoms with Gasteiger partial charge >= 0.3 is 6.03 Å². The van der Waals surface area contributed by atoms with E-state index in [9.17, 15) is 4.79 Å². The Balaban J connectivity index is 1.71. The molecule has 0 spiro atoms. The van der Waals surface area contributed by atoms with Crippen LogP contribution >= 0.6 is 0 Å². The van der Waals surface area contributed by atoms with Crippen molar-refractivity contribution in [1.82, 2.24) is 15.6 Å². The number of carbonyl (C=O) groups is 1. The molecule has 2 N–H and O–H groups in total. The minimum absolute atomic E-state index is 0.138. The molecule has 5 nitrogen and oxygen atoms in total. The van der Waals surface area contributed by atoms with E-state index in [0.717, 1.165) is 25.0 Å². The first-order chi connectivity index (χ1) is 7.78. The van der Waals surface area contributed by atoms with Crippen LogP contribution in [0.1, 0.15) is 37.8 Å². The number of nitrogens with one attached hydrogen (secondary N) is 2. The van der Waals surface area contributed by atoms with Gasteiger partial charge in [0.2, 0.25) is 5.89 Å². The van der Waals surface area contributed by atoms with Crippen molar-refractivity contribution in [2.75, 3.05) is 0 Å². The van der Waals surface area contributed by atoms with Gasteiger partial charge in [-0.05, 0) is 19.3 Å². The fraction of sp³-hybridized carbons (Fsp3) is 0.636. The number of hydrogen-bond acceptors (Lipinski definition) is 3. The third-order valence-electron chi connectivity index (χ3n) is 2.79. The molecule has 0 atom stereocenters. The van der Waals surface area contributed by atoms with Crippen LogP contribution in [0.3, 0.4) is 0 Å². The lowest BCUT2D eigenvalue weighted by Crippen LogP contribution is -2.44. The van der Waals surface area contributed by atoms with Gasteiger partial charge in [-0.25, -0.2) is 9.78 Å². The lowest BCUT2D eigenvalue weighted by molar-refractivity contribution is 0.227. The number of amides is 2. The number of rotatable bonds is 4. The van der Waals surface area contributed by atoms with Gasteiger partial charge in [-0.1, -0.05) is 6.92 Å². The summed E-state index contributed by atoms with van der Waals surface area (Å²) in [5.41, 5.74) is 0.